The minimum Gasteiger partial charge on any atom is -0.312 e. The predicted octanol–water partition coefficient (Wildman–Crippen LogP) is 1.47. The first kappa shape index (κ1) is 9.47. The van der Waals surface area contributed by atoms with Crippen LogP contribution in [0.15, 0.2) is 0 Å². The lowest BCUT2D eigenvalue weighted by Gasteiger charge is -2.28. The van der Waals surface area contributed by atoms with E-state index in [4.69, 9.17) is 0 Å². The molecular weight excluding hydrogens is 160 g/mol. The molecule has 1 saturated carbocycles. The summed E-state index contributed by atoms with van der Waals surface area (Å²) in [5.41, 5.74) is 0.662. The van der Waals surface area contributed by atoms with Crippen LogP contribution in [0.25, 0.3) is 0 Å². The topological polar surface area (TPSA) is 15.3 Å². The molecule has 2 heteroatoms. The Hall–Kier alpha value is -0.0800. The number of rotatable bonds is 1. The second kappa shape index (κ2) is 3.25. The first-order chi connectivity index (χ1) is 6.11. The van der Waals surface area contributed by atoms with Crippen molar-refractivity contribution >= 4 is 0 Å². The largest absolute Gasteiger partial charge is 0.312 e. The lowest BCUT2D eigenvalue weighted by atomic mass is 10.1. The van der Waals surface area contributed by atoms with Crippen molar-refractivity contribution in [3.63, 3.8) is 0 Å². The van der Waals surface area contributed by atoms with Crippen molar-refractivity contribution in [2.75, 3.05) is 19.6 Å². The van der Waals surface area contributed by atoms with Gasteiger partial charge in [0.2, 0.25) is 0 Å². The molecule has 0 aromatic rings. The van der Waals surface area contributed by atoms with E-state index in [0.717, 1.165) is 0 Å². The molecule has 2 rings (SSSR count). The van der Waals surface area contributed by atoms with Gasteiger partial charge in [-0.1, -0.05) is 0 Å². The molecule has 0 aromatic carbocycles. The van der Waals surface area contributed by atoms with E-state index in [1.165, 1.54) is 32.5 Å². The van der Waals surface area contributed by atoms with E-state index in [2.05, 4.69) is 31.0 Å². The molecule has 0 bridgehead atoms. The van der Waals surface area contributed by atoms with Crippen molar-refractivity contribution in [2.45, 2.75) is 45.7 Å². The van der Waals surface area contributed by atoms with Gasteiger partial charge in [0.1, 0.15) is 0 Å². The van der Waals surface area contributed by atoms with Crippen molar-refractivity contribution in [1.29, 1.82) is 0 Å². The van der Waals surface area contributed by atoms with Crippen molar-refractivity contribution in [3.8, 4) is 0 Å². The van der Waals surface area contributed by atoms with Crippen LogP contribution >= 0.6 is 0 Å². The Morgan fingerprint density at radius 3 is 2.62 bits per heavy atom. The molecule has 1 aliphatic heterocycles. The Morgan fingerprint density at radius 2 is 2.08 bits per heavy atom. The van der Waals surface area contributed by atoms with Crippen molar-refractivity contribution in [2.24, 2.45) is 5.41 Å². The molecule has 1 heterocycles. The van der Waals surface area contributed by atoms with E-state index in [-0.39, 0.29) is 0 Å². The third-order valence-electron chi connectivity index (χ3n) is 3.56. The van der Waals surface area contributed by atoms with Gasteiger partial charge >= 0.3 is 0 Å². The minimum atomic E-state index is 0.662. The Labute approximate surface area is 81.7 Å². The van der Waals surface area contributed by atoms with Gasteiger partial charge in [-0.25, -0.2) is 0 Å². The van der Waals surface area contributed by atoms with Crippen molar-refractivity contribution in [3.05, 3.63) is 0 Å². The lowest BCUT2D eigenvalue weighted by molar-refractivity contribution is 0.193. The zero-order chi connectivity index (χ0) is 9.47. The van der Waals surface area contributed by atoms with Crippen LogP contribution in [-0.2, 0) is 0 Å². The summed E-state index contributed by atoms with van der Waals surface area (Å²) in [7, 11) is 0. The van der Waals surface area contributed by atoms with Crippen molar-refractivity contribution < 1.29 is 0 Å². The average Bonchev–Trinajstić information content (AvgIpc) is 2.82. The zero-order valence-electron chi connectivity index (χ0n) is 9.14. The fraction of sp³-hybridized carbons (Fsp3) is 1.00. The molecule has 1 unspecified atom stereocenters. The molecule has 1 saturated heterocycles. The third kappa shape index (κ3) is 2.05. The molecule has 0 aromatic heterocycles. The SMILES string of the molecule is CC1CN(C(C)C)CC2(CC2)CN1. The quantitative estimate of drug-likeness (QED) is 0.660. The molecule has 13 heavy (non-hydrogen) atoms. The Kier molecular flexibility index (Phi) is 2.37. The summed E-state index contributed by atoms with van der Waals surface area (Å²) in [4.78, 5) is 2.64. The van der Waals surface area contributed by atoms with Gasteiger partial charge in [0.05, 0.1) is 0 Å². The van der Waals surface area contributed by atoms with Crippen LogP contribution in [0.5, 0.6) is 0 Å². The minimum absolute atomic E-state index is 0.662. The Balaban J connectivity index is 2.01. The average molecular weight is 182 g/mol. The summed E-state index contributed by atoms with van der Waals surface area (Å²) in [6, 6.07) is 1.38. The summed E-state index contributed by atoms with van der Waals surface area (Å²) in [5.74, 6) is 0. The van der Waals surface area contributed by atoms with Gasteiger partial charge in [0.25, 0.3) is 0 Å². The second-order valence-electron chi connectivity index (χ2n) is 5.31. The van der Waals surface area contributed by atoms with Gasteiger partial charge in [0, 0.05) is 31.7 Å². The van der Waals surface area contributed by atoms with Crippen LogP contribution in [-0.4, -0.2) is 36.6 Å². The molecular formula is C11H22N2. The number of hydrogen-bond acceptors (Lipinski definition) is 2. The molecule has 1 aliphatic carbocycles. The molecule has 1 atom stereocenters. The Morgan fingerprint density at radius 1 is 1.38 bits per heavy atom. The van der Waals surface area contributed by atoms with Gasteiger partial charge in [0.15, 0.2) is 0 Å². The van der Waals surface area contributed by atoms with Gasteiger partial charge < -0.3 is 5.32 Å². The second-order valence-corrected chi connectivity index (χ2v) is 5.31. The standard InChI is InChI=1S/C11H22N2/c1-9(2)13-6-10(3)12-7-11(8-13)4-5-11/h9-10,12H,4-8H2,1-3H3. The molecule has 0 radical (unpaired) electrons. The molecule has 2 nitrogen and oxygen atoms in total. The maximum Gasteiger partial charge on any atom is 0.0167 e. The van der Waals surface area contributed by atoms with E-state index in [9.17, 15) is 0 Å². The smallest absolute Gasteiger partial charge is 0.0167 e. The van der Waals surface area contributed by atoms with Gasteiger partial charge in [-0.05, 0) is 39.0 Å². The van der Waals surface area contributed by atoms with Gasteiger partial charge in [-0.2, -0.15) is 0 Å². The molecule has 2 fully saturated rings. The molecule has 76 valence electrons. The van der Waals surface area contributed by atoms with Crippen LogP contribution in [0.1, 0.15) is 33.6 Å². The van der Waals surface area contributed by atoms with E-state index < -0.39 is 0 Å². The fourth-order valence-corrected chi connectivity index (χ4v) is 2.26. The highest BCUT2D eigenvalue weighted by molar-refractivity contribution is 5.00. The van der Waals surface area contributed by atoms with E-state index >= 15 is 0 Å². The predicted molar refractivity (Wildman–Crippen MR) is 55.8 cm³/mol. The summed E-state index contributed by atoms with van der Waals surface area (Å²) in [5, 5.41) is 3.64. The summed E-state index contributed by atoms with van der Waals surface area (Å²) in [6.45, 7) is 10.7. The normalized spacial score (nSPS) is 33.7. The van der Waals surface area contributed by atoms with E-state index in [0.29, 0.717) is 17.5 Å². The number of hydrogen-bond donors (Lipinski definition) is 1. The van der Waals surface area contributed by atoms with E-state index in [1.807, 2.05) is 0 Å². The first-order valence-electron chi connectivity index (χ1n) is 5.59. The lowest BCUT2D eigenvalue weighted by Crippen LogP contribution is -2.39. The summed E-state index contributed by atoms with van der Waals surface area (Å²) < 4.78 is 0. The highest BCUT2D eigenvalue weighted by Crippen LogP contribution is 2.46. The Bertz CT molecular complexity index is 185. The zero-order valence-corrected chi connectivity index (χ0v) is 9.14. The number of nitrogens with one attached hydrogen (secondary N) is 1. The molecule has 1 N–H and O–H groups in total. The highest BCUT2D eigenvalue weighted by atomic mass is 15.2. The maximum absolute atomic E-state index is 3.64. The van der Waals surface area contributed by atoms with Crippen LogP contribution in [0.2, 0.25) is 0 Å². The first-order valence-corrected chi connectivity index (χ1v) is 5.59. The molecule has 2 aliphatic rings. The molecule has 1 spiro atoms. The number of nitrogens with zero attached hydrogens (tertiary/aromatic N) is 1. The maximum atomic E-state index is 3.64. The highest BCUT2D eigenvalue weighted by Gasteiger charge is 2.45. The monoisotopic (exact) mass is 182 g/mol. The summed E-state index contributed by atoms with van der Waals surface area (Å²) in [6.07, 6.45) is 2.88. The third-order valence-corrected chi connectivity index (χ3v) is 3.56. The van der Waals surface area contributed by atoms with E-state index in [1.54, 1.807) is 0 Å². The van der Waals surface area contributed by atoms with Crippen LogP contribution in [0.3, 0.4) is 0 Å². The van der Waals surface area contributed by atoms with Crippen LogP contribution in [0.4, 0.5) is 0 Å². The van der Waals surface area contributed by atoms with Gasteiger partial charge in [-0.15, -0.1) is 0 Å². The fourth-order valence-electron chi connectivity index (χ4n) is 2.26. The van der Waals surface area contributed by atoms with Gasteiger partial charge in [-0.3, -0.25) is 4.90 Å². The van der Waals surface area contributed by atoms with Crippen molar-refractivity contribution in [1.82, 2.24) is 10.2 Å². The van der Waals surface area contributed by atoms with Crippen LogP contribution in [0, 0.1) is 5.41 Å². The van der Waals surface area contributed by atoms with Crippen LogP contribution < -0.4 is 5.32 Å². The molecule has 0 amide bonds. The summed E-state index contributed by atoms with van der Waals surface area (Å²) >= 11 is 0.